The molecule has 0 aliphatic carbocycles. The number of aromatic nitrogens is 2. The summed E-state index contributed by atoms with van der Waals surface area (Å²) in [5.41, 5.74) is 0.0177. The molecule has 1 atom stereocenters. The van der Waals surface area contributed by atoms with E-state index in [1.54, 1.807) is 0 Å². The molecular weight excluding hydrogens is 210 g/mol. The summed E-state index contributed by atoms with van der Waals surface area (Å²) in [5.74, 6) is -0.583. The van der Waals surface area contributed by atoms with Gasteiger partial charge in [0.25, 0.3) is 0 Å². The van der Waals surface area contributed by atoms with Crippen molar-refractivity contribution in [2.75, 3.05) is 24.6 Å². The van der Waals surface area contributed by atoms with Crippen LogP contribution in [0.2, 0.25) is 0 Å². The van der Waals surface area contributed by atoms with Crippen LogP contribution in [0.5, 0.6) is 0 Å². The first-order valence-corrected chi connectivity index (χ1v) is 5.09. The number of ether oxygens (including phenoxy) is 1. The van der Waals surface area contributed by atoms with Crippen LogP contribution in [0, 0.1) is 0 Å². The van der Waals surface area contributed by atoms with E-state index in [1.165, 1.54) is 12.3 Å². The van der Waals surface area contributed by atoms with Gasteiger partial charge < -0.3 is 14.7 Å². The molecule has 86 valence electrons. The van der Waals surface area contributed by atoms with E-state index >= 15 is 0 Å². The van der Waals surface area contributed by atoms with Gasteiger partial charge in [-0.05, 0) is 13.0 Å². The lowest BCUT2D eigenvalue weighted by Crippen LogP contribution is -2.42. The van der Waals surface area contributed by atoms with Gasteiger partial charge in [-0.1, -0.05) is 0 Å². The van der Waals surface area contributed by atoms with Crippen LogP contribution in [0.3, 0.4) is 0 Å². The van der Waals surface area contributed by atoms with E-state index in [0.29, 0.717) is 25.6 Å². The molecule has 1 N–H and O–H groups in total. The molecule has 0 amide bonds. The first kappa shape index (κ1) is 10.8. The Morgan fingerprint density at radius 3 is 3.19 bits per heavy atom. The molecular formula is C10H13N3O3. The van der Waals surface area contributed by atoms with Gasteiger partial charge in [0.2, 0.25) is 5.95 Å². The monoisotopic (exact) mass is 223 g/mol. The average molecular weight is 223 g/mol. The van der Waals surface area contributed by atoms with Crippen LogP contribution in [0.15, 0.2) is 12.3 Å². The molecule has 0 spiro atoms. The molecule has 0 aromatic carbocycles. The molecule has 1 aromatic heterocycles. The summed E-state index contributed by atoms with van der Waals surface area (Å²) < 4.78 is 5.39. The highest BCUT2D eigenvalue weighted by Gasteiger charge is 2.19. The van der Waals surface area contributed by atoms with Gasteiger partial charge in [0, 0.05) is 19.3 Å². The average Bonchev–Trinajstić information content (AvgIpc) is 2.29. The first-order valence-electron chi connectivity index (χ1n) is 5.09. The number of morpholine rings is 1. The van der Waals surface area contributed by atoms with Crippen molar-refractivity contribution in [2.45, 2.75) is 13.0 Å². The number of aromatic carboxylic acids is 1. The number of nitrogens with zero attached hydrogens (tertiary/aromatic N) is 3. The van der Waals surface area contributed by atoms with Crippen LogP contribution in [0.4, 0.5) is 5.95 Å². The second kappa shape index (κ2) is 4.44. The third-order valence-electron chi connectivity index (χ3n) is 2.39. The van der Waals surface area contributed by atoms with Crippen LogP contribution in [-0.2, 0) is 4.74 Å². The van der Waals surface area contributed by atoms with Gasteiger partial charge in [0.1, 0.15) is 0 Å². The highest BCUT2D eigenvalue weighted by Crippen LogP contribution is 2.12. The van der Waals surface area contributed by atoms with E-state index in [9.17, 15) is 4.79 Å². The highest BCUT2D eigenvalue weighted by atomic mass is 16.5. The van der Waals surface area contributed by atoms with Crippen LogP contribution in [-0.4, -0.2) is 46.8 Å². The Balaban J connectivity index is 2.19. The van der Waals surface area contributed by atoms with Gasteiger partial charge in [0.05, 0.1) is 12.7 Å². The first-order chi connectivity index (χ1) is 7.66. The number of anilines is 1. The minimum absolute atomic E-state index is 0.0177. The van der Waals surface area contributed by atoms with Gasteiger partial charge in [-0.2, -0.15) is 0 Å². The Morgan fingerprint density at radius 1 is 1.69 bits per heavy atom. The quantitative estimate of drug-likeness (QED) is 0.782. The fourth-order valence-corrected chi connectivity index (χ4v) is 1.62. The third kappa shape index (κ3) is 2.27. The summed E-state index contributed by atoms with van der Waals surface area (Å²) in [5, 5.41) is 8.83. The Labute approximate surface area is 92.9 Å². The topological polar surface area (TPSA) is 75.6 Å². The zero-order valence-electron chi connectivity index (χ0n) is 8.96. The number of carboxylic acids is 1. The van der Waals surface area contributed by atoms with Crippen LogP contribution in [0.25, 0.3) is 0 Å². The molecule has 6 heteroatoms. The maximum Gasteiger partial charge on any atom is 0.354 e. The van der Waals surface area contributed by atoms with Crippen molar-refractivity contribution in [1.29, 1.82) is 0 Å². The second-order valence-corrected chi connectivity index (χ2v) is 3.67. The van der Waals surface area contributed by atoms with Crippen molar-refractivity contribution in [2.24, 2.45) is 0 Å². The van der Waals surface area contributed by atoms with Crippen molar-refractivity contribution in [1.82, 2.24) is 9.97 Å². The molecule has 0 saturated carbocycles. The van der Waals surface area contributed by atoms with Crippen molar-refractivity contribution >= 4 is 11.9 Å². The summed E-state index contributed by atoms with van der Waals surface area (Å²) in [6, 6.07) is 1.38. The molecule has 1 aliphatic rings. The maximum atomic E-state index is 10.8. The van der Waals surface area contributed by atoms with E-state index in [2.05, 4.69) is 9.97 Å². The number of hydrogen-bond acceptors (Lipinski definition) is 5. The van der Waals surface area contributed by atoms with Gasteiger partial charge >= 0.3 is 5.97 Å². The molecule has 1 saturated heterocycles. The van der Waals surface area contributed by atoms with Crippen molar-refractivity contribution < 1.29 is 14.6 Å². The Morgan fingerprint density at radius 2 is 2.50 bits per heavy atom. The molecule has 1 unspecified atom stereocenters. The number of carboxylic acid groups (broad SMARTS) is 1. The van der Waals surface area contributed by atoms with Gasteiger partial charge in [-0.3, -0.25) is 0 Å². The van der Waals surface area contributed by atoms with E-state index in [0.717, 1.165) is 0 Å². The molecule has 6 nitrogen and oxygen atoms in total. The molecule has 1 aliphatic heterocycles. The fraction of sp³-hybridized carbons (Fsp3) is 0.500. The predicted octanol–water partition coefficient (Wildman–Crippen LogP) is 0.400. The molecule has 0 radical (unpaired) electrons. The third-order valence-corrected chi connectivity index (χ3v) is 2.39. The summed E-state index contributed by atoms with van der Waals surface area (Å²) in [7, 11) is 0. The highest BCUT2D eigenvalue weighted by molar-refractivity contribution is 5.85. The van der Waals surface area contributed by atoms with Gasteiger partial charge in [-0.25, -0.2) is 14.8 Å². The molecule has 2 heterocycles. The zero-order valence-corrected chi connectivity index (χ0v) is 8.96. The van der Waals surface area contributed by atoms with E-state index in [4.69, 9.17) is 9.84 Å². The molecule has 1 fully saturated rings. The van der Waals surface area contributed by atoms with Crippen LogP contribution in [0.1, 0.15) is 17.4 Å². The minimum Gasteiger partial charge on any atom is -0.477 e. The standard InChI is InChI=1S/C10H13N3O3/c1-7-6-13(4-5-16-7)10-11-3-2-8(12-10)9(14)15/h2-3,7H,4-6H2,1H3,(H,14,15). The Kier molecular flexibility index (Phi) is 3.00. The van der Waals surface area contributed by atoms with Crippen LogP contribution >= 0.6 is 0 Å². The lowest BCUT2D eigenvalue weighted by atomic mass is 10.3. The van der Waals surface area contributed by atoms with Crippen LogP contribution < -0.4 is 4.90 Å². The lowest BCUT2D eigenvalue weighted by molar-refractivity contribution is 0.0526. The smallest absolute Gasteiger partial charge is 0.354 e. The van der Waals surface area contributed by atoms with E-state index < -0.39 is 5.97 Å². The molecule has 2 rings (SSSR count). The van der Waals surface area contributed by atoms with Gasteiger partial charge in [-0.15, -0.1) is 0 Å². The normalized spacial score (nSPS) is 20.8. The van der Waals surface area contributed by atoms with E-state index in [-0.39, 0.29) is 11.8 Å². The fourth-order valence-electron chi connectivity index (χ4n) is 1.62. The minimum atomic E-state index is -1.04. The summed E-state index contributed by atoms with van der Waals surface area (Å²) >= 11 is 0. The number of rotatable bonds is 2. The predicted molar refractivity (Wildman–Crippen MR) is 56.6 cm³/mol. The Bertz CT molecular complexity index is 397. The zero-order chi connectivity index (χ0) is 11.5. The molecule has 1 aromatic rings. The summed E-state index contributed by atoms with van der Waals surface area (Å²) in [6.45, 7) is 3.95. The maximum absolute atomic E-state index is 10.8. The van der Waals surface area contributed by atoms with Crippen molar-refractivity contribution in [3.05, 3.63) is 18.0 Å². The van der Waals surface area contributed by atoms with Crippen molar-refractivity contribution in [3.63, 3.8) is 0 Å². The van der Waals surface area contributed by atoms with Gasteiger partial charge in [0.15, 0.2) is 5.69 Å². The second-order valence-electron chi connectivity index (χ2n) is 3.67. The summed E-state index contributed by atoms with van der Waals surface area (Å²) in [4.78, 5) is 20.8. The van der Waals surface area contributed by atoms with Crippen molar-refractivity contribution in [3.8, 4) is 0 Å². The van der Waals surface area contributed by atoms with E-state index in [1.807, 2.05) is 11.8 Å². The molecule has 0 bridgehead atoms. The SMILES string of the molecule is CC1CN(c2nccc(C(=O)O)n2)CCO1. The Hall–Kier alpha value is -1.69. The summed E-state index contributed by atoms with van der Waals surface area (Å²) in [6.07, 6.45) is 1.58. The number of hydrogen-bond donors (Lipinski definition) is 1. The largest absolute Gasteiger partial charge is 0.477 e. The lowest BCUT2D eigenvalue weighted by Gasteiger charge is -2.31. The molecule has 16 heavy (non-hydrogen) atoms. The number of carbonyl (C=O) groups is 1.